The maximum Gasteiger partial charge on any atom is 0.322 e. The average Bonchev–Trinajstić information content (AvgIpc) is 3.33. The Hall–Kier alpha value is -4.21. The van der Waals surface area contributed by atoms with Crippen LogP contribution in [0, 0.1) is 11.6 Å². The first kappa shape index (κ1) is 25.1. The van der Waals surface area contributed by atoms with Crippen LogP contribution in [0.5, 0.6) is 5.75 Å². The zero-order valence-electron chi connectivity index (χ0n) is 21.6. The molecule has 0 aliphatic carbocycles. The minimum atomic E-state index is -0.903. The number of fused-ring (bicyclic) bond motifs is 2. The van der Waals surface area contributed by atoms with E-state index in [1.807, 2.05) is 23.1 Å². The number of benzene rings is 2. The Morgan fingerprint density at radius 3 is 2.64 bits per heavy atom. The van der Waals surface area contributed by atoms with E-state index in [0.29, 0.717) is 43.2 Å². The van der Waals surface area contributed by atoms with E-state index in [1.165, 1.54) is 11.0 Å². The molecule has 3 aromatic rings. The van der Waals surface area contributed by atoms with Gasteiger partial charge in [0.1, 0.15) is 11.6 Å². The molecule has 0 radical (unpaired) electrons. The third kappa shape index (κ3) is 4.64. The lowest BCUT2D eigenvalue weighted by Gasteiger charge is -2.38. The van der Waals surface area contributed by atoms with Crippen molar-refractivity contribution in [3.8, 4) is 5.75 Å². The number of aromatic nitrogens is 1. The number of hydrogen-bond acceptors (Lipinski definition) is 5. The van der Waals surface area contributed by atoms with E-state index in [0.717, 1.165) is 42.3 Å². The number of carbonyl (C=O) groups is 2. The minimum Gasteiger partial charge on any atom is -0.497 e. The van der Waals surface area contributed by atoms with E-state index in [9.17, 15) is 18.4 Å². The van der Waals surface area contributed by atoms with Crippen molar-refractivity contribution in [3.63, 3.8) is 0 Å². The van der Waals surface area contributed by atoms with Gasteiger partial charge in [0.2, 0.25) is 0 Å². The van der Waals surface area contributed by atoms with E-state index in [2.05, 4.69) is 15.2 Å². The summed E-state index contributed by atoms with van der Waals surface area (Å²) in [5.41, 5.74) is 2.97. The molecule has 1 saturated heterocycles. The summed E-state index contributed by atoms with van der Waals surface area (Å²) in [5, 5.41) is 3.04. The van der Waals surface area contributed by atoms with E-state index < -0.39 is 11.6 Å². The van der Waals surface area contributed by atoms with Gasteiger partial charge in [-0.1, -0.05) is 0 Å². The SMILES string of the molecule is COc1ccc2c(c1)CCN(C1CCN(c3cc(C(=O)N4CCc5c4ccc(F)c5F)ccn3)CC1)C(=O)N2. The molecular weight excluding hydrogens is 504 g/mol. The Labute approximate surface area is 225 Å². The first-order chi connectivity index (χ1) is 18.9. The molecule has 6 rings (SSSR count). The van der Waals surface area contributed by atoms with E-state index in [4.69, 9.17) is 4.74 Å². The number of anilines is 3. The summed E-state index contributed by atoms with van der Waals surface area (Å²) in [5.74, 6) is -0.601. The summed E-state index contributed by atoms with van der Waals surface area (Å²) in [6.07, 6.45) is 4.17. The van der Waals surface area contributed by atoms with Crippen LogP contribution >= 0.6 is 0 Å². The number of nitrogens with one attached hydrogen (secondary N) is 1. The molecule has 0 saturated carbocycles. The molecule has 4 heterocycles. The predicted octanol–water partition coefficient (Wildman–Crippen LogP) is 4.63. The van der Waals surface area contributed by atoms with Crippen LogP contribution in [0.2, 0.25) is 0 Å². The topological polar surface area (TPSA) is 78.0 Å². The number of urea groups is 1. The normalized spacial score (nSPS) is 17.4. The number of piperidine rings is 1. The van der Waals surface area contributed by atoms with E-state index in [1.54, 1.807) is 25.4 Å². The van der Waals surface area contributed by atoms with Gasteiger partial charge in [-0.15, -0.1) is 0 Å². The Morgan fingerprint density at radius 1 is 1.03 bits per heavy atom. The average molecular weight is 534 g/mol. The Morgan fingerprint density at radius 2 is 1.85 bits per heavy atom. The van der Waals surface area contributed by atoms with Gasteiger partial charge in [0.15, 0.2) is 11.6 Å². The standard InChI is InChI=1S/C29H29F2N5O3/c1-39-21-2-4-24-18(16-21)7-14-35(29(38)33-24)20-8-12-34(13-9-20)26-17-19(6-11-32-26)28(37)36-15-10-22-25(36)5-3-23(30)27(22)31/h2-6,11,16-17,20H,7-10,12-15H2,1H3,(H,33,38). The molecule has 0 bridgehead atoms. The third-order valence-electron chi connectivity index (χ3n) is 7.95. The van der Waals surface area contributed by atoms with Gasteiger partial charge in [-0.2, -0.15) is 0 Å². The summed E-state index contributed by atoms with van der Waals surface area (Å²) in [6, 6.07) is 11.6. The largest absolute Gasteiger partial charge is 0.497 e. The van der Waals surface area contributed by atoms with Crippen molar-refractivity contribution in [1.82, 2.24) is 9.88 Å². The lowest BCUT2D eigenvalue weighted by atomic mass is 10.0. The van der Waals surface area contributed by atoms with E-state index >= 15 is 0 Å². The van der Waals surface area contributed by atoms with Gasteiger partial charge in [-0.25, -0.2) is 18.6 Å². The van der Waals surface area contributed by atoms with Gasteiger partial charge in [-0.05, 0) is 73.7 Å². The number of ether oxygens (including phenoxy) is 1. The van der Waals surface area contributed by atoms with Crippen LogP contribution in [0.15, 0.2) is 48.7 Å². The Kier molecular flexibility index (Phi) is 6.54. The molecule has 1 N–H and O–H groups in total. The molecule has 0 atom stereocenters. The monoisotopic (exact) mass is 533 g/mol. The van der Waals surface area contributed by atoms with Gasteiger partial charge in [0.25, 0.3) is 5.91 Å². The molecule has 3 amide bonds. The molecule has 0 unspecified atom stereocenters. The minimum absolute atomic E-state index is 0.0923. The molecule has 10 heteroatoms. The zero-order chi connectivity index (χ0) is 27.1. The molecule has 0 spiro atoms. The van der Waals surface area contributed by atoms with Crippen LogP contribution in [-0.4, -0.2) is 61.2 Å². The van der Waals surface area contributed by atoms with Crippen LogP contribution in [0.1, 0.15) is 34.3 Å². The fourth-order valence-corrected chi connectivity index (χ4v) is 5.82. The molecule has 8 nitrogen and oxygen atoms in total. The van der Waals surface area contributed by atoms with Crippen molar-refractivity contribution in [3.05, 3.63) is 77.0 Å². The molecule has 3 aliphatic rings. The van der Waals surface area contributed by atoms with Crippen molar-refractivity contribution in [1.29, 1.82) is 0 Å². The lowest BCUT2D eigenvalue weighted by molar-refractivity contribution is 0.0989. The first-order valence-corrected chi connectivity index (χ1v) is 13.2. The molecule has 39 heavy (non-hydrogen) atoms. The summed E-state index contributed by atoms with van der Waals surface area (Å²) < 4.78 is 33.2. The number of pyridine rings is 1. The fourth-order valence-electron chi connectivity index (χ4n) is 5.82. The van der Waals surface area contributed by atoms with Crippen LogP contribution in [-0.2, 0) is 12.8 Å². The number of amides is 3. The Bertz CT molecular complexity index is 1440. The molecular formula is C29H29F2N5O3. The van der Waals surface area contributed by atoms with Crippen molar-refractivity contribution < 1.29 is 23.1 Å². The van der Waals surface area contributed by atoms with Crippen molar-refractivity contribution >= 4 is 29.1 Å². The smallest absolute Gasteiger partial charge is 0.322 e. The highest BCUT2D eigenvalue weighted by Crippen LogP contribution is 2.33. The highest BCUT2D eigenvalue weighted by molar-refractivity contribution is 6.07. The maximum atomic E-state index is 14.2. The second-order valence-corrected chi connectivity index (χ2v) is 10.1. The highest BCUT2D eigenvalue weighted by atomic mass is 19.2. The van der Waals surface area contributed by atoms with Crippen LogP contribution in [0.3, 0.4) is 0 Å². The maximum absolute atomic E-state index is 14.2. The van der Waals surface area contributed by atoms with E-state index in [-0.39, 0.29) is 30.0 Å². The van der Waals surface area contributed by atoms with Gasteiger partial charge >= 0.3 is 6.03 Å². The second-order valence-electron chi connectivity index (χ2n) is 10.1. The number of carbonyl (C=O) groups excluding carboxylic acids is 2. The van der Waals surface area contributed by atoms with Crippen LogP contribution in [0.25, 0.3) is 0 Å². The highest BCUT2D eigenvalue weighted by Gasteiger charge is 2.32. The number of halogens is 2. The van der Waals surface area contributed by atoms with Crippen molar-refractivity contribution in [2.24, 2.45) is 0 Å². The van der Waals surface area contributed by atoms with Gasteiger partial charge in [0.05, 0.1) is 12.8 Å². The van der Waals surface area contributed by atoms with Gasteiger partial charge < -0.3 is 24.8 Å². The number of hydrogen-bond donors (Lipinski definition) is 1. The predicted molar refractivity (Wildman–Crippen MR) is 144 cm³/mol. The van der Waals surface area contributed by atoms with Gasteiger partial charge in [-0.3, -0.25) is 4.79 Å². The Balaban J connectivity index is 1.11. The lowest BCUT2D eigenvalue weighted by Crippen LogP contribution is -2.49. The third-order valence-corrected chi connectivity index (χ3v) is 7.95. The van der Waals surface area contributed by atoms with Crippen molar-refractivity contribution in [2.45, 2.75) is 31.7 Å². The molecule has 2 aromatic carbocycles. The summed E-state index contributed by atoms with van der Waals surface area (Å²) >= 11 is 0. The van der Waals surface area contributed by atoms with Crippen molar-refractivity contribution in [2.75, 3.05) is 48.4 Å². The molecule has 202 valence electrons. The second kappa shape index (κ2) is 10.2. The molecule has 3 aliphatic heterocycles. The molecule has 1 fully saturated rings. The number of nitrogens with zero attached hydrogens (tertiary/aromatic N) is 4. The summed E-state index contributed by atoms with van der Waals surface area (Å²) in [6.45, 7) is 2.31. The summed E-state index contributed by atoms with van der Waals surface area (Å²) in [4.78, 5) is 36.4. The fraction of sp³-hybridized carbons (Fsp3) is 0.345. The quantitative estimate of drug-likeness (QED) is 0.529. The summed E-state index contributed by atoms with van der Waals surface area (Å²) in [7, 11) is 1.63. The number of methoxy groups -OCH3 is 1. The van der Waals surface area contributed by atoms with Crippen LogP contribution < -0.4 is 19.9 Å². The zero-order valence-corrected chi connectivity index (χ0v) is 21.6. The first-order valence-electron chi connectivity index (χ1n) is 13.2. The van der Waals surface area contributed by atoms with Gasteiger partial charge in [0, 0.05) is 55.2 Å². The number of rotatable bonds is 4. The van der Waals surface area contributed by atoms with Crippen LogP contribution in [0.4, 0.5) is 30.8 Å². The molecule has 1 aromatic heterocycles.